The highest BCUT2D eigenvalue weighted by atomic mass is 31.2. The minimum absolute atomic E-state index is 0.208. The lowest BCUT2D eigenvalue weighted by molar-refractivity contribution is -0.334. The third kappa shape index (κ3) is 3.13. The summed E-state index contributed by atoms with van der Waals surface area (Å²) in [6.45, 7) is 0. The molecule has 0 aliphatic rings. The van der Waals surface area contributed by atoms with Crippen LogP contribution in [-0.2, 0) is 4.57 Å². The van der Waals surface area contributed by atoms with Crippen LogP contribution in [0.4, 0.5) is 0 Å². The summed E-state index contributed by atoms with van der Waals surface area (Å²) in [6, 6.07) is 4.37. The van der Waals surface area contributed by atoms with Crippen molar-refractivity contribution >= 4 is 7.82 Å². The molecule has 6 heteroatoms. The van der Waals surface area contributed by atoms with Gasteiger partial charge in [-0.15, -0.1) is 0 Å². The molecule has 0 fully saturated rings. The van der Waals surface area contributed by atoms with Gasteiger partial charge in [-0.2, -0.15) is 0 Å². The zero-order chi connectivity index (χ0) is 8.32. The van der Waals surface area contributed by atoms with Gasteiger partial charge in [0.1, 0.15) is 7.82 Å². The zero-order valence-corrected chi connectivity index (χ0v) is 6.23. The number of aromatic nitrogens is 1. The van der Waals surface area contributed by atoms with E-state index in [4.69, 9.17) is 0 Å². The number of rotatable bonds is 2. The summed E-state index contributed by atoms with van der Waals surface area (Å²) >= 11 is 0. The number of phosphoric ester groups is 1. The van der Waals surface area contributed by atoms with E-state index in [1.807, 2.05) is 0 Å². The lowest BCUT2D eigenvalue weighted by Gasteiger charge is -2.27. The van der Waals surface area contributed by atoms with E-state index in [0.29, 0.717) is 0 Å². The number of phosphoric acid groups is 1. The second-order valence-corrected chi connectivity index (χ2v) is 2.78. The van der Waals surface area contributed by atoms with Gasteiger partial charge in [0.2, 0.25) is 5.88 Å². The minimum atomic E-state index is -4.95. The first-order valence-electron chi connectivity index (χ1n) is 2.70. The van der Waals surface area contributed by atoms with Gasteiger partial charge in [0.25, 0.3) is 0 Å². The van der Waals surface area contributed by atoms with Crippen LogP contribution >= 0.6 is 7.82 Å². The Morgan fingerprint density at radius 3 is 2.64 bits per heavy atom. The van der Waals surface area contributed by atoms with E-state index in [-0.39, 0.29) is 5.88 Å². The molecule has 0 amide bonds. The molecule has 0 aromatic carbocycles. The van der Waals surface area contributed by atoms with Crippen molar-refractivity contribution in [3.63, 3.8) is 0 Å². The first kappa shape index (κ1) is 8.20. The fraction of sp³-hybridized carbons (Fsp3) is 0. The first-order chi connectivity index (χ1) is 5.08. The molecule has 0 atom stereocenters. The summed E-state index contributed by atoms with van der Waals surface area (Å²) in [4.78, 5) is 23.5. The average molecular weight is 173 g/mol. The van der Waals surface area contributed by atoms with Gasteiger partial charge in [-0.05, 0) is 6.07 Å². The van der Waals surface area contributed by atoms with Gasteiger partial charge in [-0.25, -0.2) is 4.98 Å². The molecule has 1 heterocycles. The van der Waals surface area contributed by atoms with Crippen LogP contribution in [0.3, 0.4) is 0 Å². The third-order valence-electron chi connectivity index (χ3n) is 0.843. The van der Waals surface area contributed by atoms with Crippen LogP contribution in [0.2, 0.25) is 0 Å². The summed E-state index contributed by atoms with van der Waals surface area (Å²) < 4.78 is 13.9. The summed E-state index contributed by atoms with van der Waals surface area (Å²) in [6.07, 6.45) is 1.32. The van der Waals surface area contributed by atoms with Crippen LogP contribution in [0, 0.1) is 0 Å². The standard InChI is InChI=1S/C5H6NO4P/c7-11(8,9)10-5-3-1-2-4-6-5/h1-4H,(H2,7,8,9)/p-2. The van der Waals surface area contributed by atoms with E-state index < -0.39 is 7.82 Å². The molecule has 0 saturated carbocycles. The Kier molecular flexibility index (Phi) is 2.24. The van der Waals surface area contributed by atoms with Crippen molar-refractivity contribution in [3.05, 3.63) is 24.4 Å². The Balaban J connectivity index is 2.74. The first-order valence-corrected chi connectivity index (χ1v) is 4.17. The Hall–Kier alpha value is -0.900. The average Bonchev–Trinajstić information content (AvgIpc) is 1.85. The summed E-state index contributed by atoms with van der Waals surface area (Å²) in [7, 11) is -4.95. The van der Waals surface area contributed by atoms with E-state index in [1.54, 1.807) is 6.07 Å². The molecule has 60 valence electrons. The molecule has 5 nitrogen and oxygen atoms in total. The maximum Gasteiger partial charge on any atom is 0.216 e. The molecule has 0 aliphatic carbocycles. The molecule has 0 bridgehead atoms. The Morgan fingerprint density at radius 1 is 1.45 bits per heavy atom. The van der Waals surface area contributed by atoms with E-state index >= 15 is 0 Å². The summed E-state index contributed by atoms with van der Waals surface area (Å²) in [5.74, 6) is -0.208. The smallest absolute Gasteiger partial charge is 0.216 e. The van der Waals surface area contributed by atoms with Gasteiger partial charge in [0, 0.05) is 12.3 Å². The monoisotopic (exact) mass is 173 g/mol. The minimum Gasteiger partial charge on any atom is -0.780 e. The van der Waals surface area contributed by atoms with Crippen LogP contribution in [0.15, 0.2) is 24.4 Å². The third-order valence-corrected chi connectivity index (χ3v) is 1.25. The molecule has 1 aromatic heterocycles. The van der Waals surface area contributed by atoms with Gasteiger partial charge in [0.15, 0.2) is 0 Å². The topological polar surface area (TPSA) is 85.3 Å². The normalized spacial score (nSPS) is 11.1. The molecular weight excluding hydrogens is 169 g/mol. The molecule has 11 heavy (non-hydrogen) atoms. The van der Waals surface area contributed by atoms with Crippen LogP contribution in [0.25, 0.3) is 0 Å². The van der Waals surface area contributed by atoms with Crippen LogP contribution in [0.1, 0.15) is 0 Å². The highest BCUT2D eigenvalue weighted by molar-refractivity contribution is 7.43. The van der Waals surface area contributed by atoms with Crippen molar-refractivity contribution in [2.75, 3.05) is 0 Å². The van der Waals surface area contributed by atoms with Gasteiger partial charge < -0.3 is 18.9 Å². The maximum absolute atomic E-state index is 10.0. The van der Waals surface area contributed by atoms with E-state index in [1.165, 1.54) is 18.3 Å². The van der Waals surface area contributed by atoms with Crippen molar-refractivity contribution in [2.45, 2.75) is 0 Å². The number of nitrogens with zero attached hydrogens (tertiary/aromatic N) is 1. The highest BCUT2D eigenvalue weighted by Gasteiger charge is 1.94. The predicted molar refractivity (Wildman–Crippen MR) is 32.5 cm³/mol. The van der Waals surface area contributed by atoms with Crippen molar-refractivity contribution in [3.8, 4) is 5.88 Å². The fourth-order valence-corrected chi connectivity index (χ4v) is 0.853. The lowest BCUT2D eigenvalue weighted by atomic mass is 10.5. The molecule has 0 N–H and O–H groups in total. The number of hydrogen-bond acceptors (Lipinski definition) is 5. The molecule has 0 saturated heterocycles. The van der Waals surface area contributed by atoms with E-state index in [2.05, 4.69) is 9.51 Å². The molecule has 1 rings (SSSR count). The SMILES string of the molecule is O=P([O-])([O-])Oc1ccccn1. The van der Waals surface area contributed by atoms with Gasteiger partial charge in [0.05, 0.1) is 0 Å². The highest BCUT2D eigenvalue weighted by Crippen LogP contribution is 2.26. The Bertz CT molecular complexity index is 269. The summed E-state index contributed by atoms with van der Waals surface area (Å²) in [5, 5.41) is 0. The number of hydrogen-bond donors (Lipinski definition) is 0. The maximum atomic E-state index is 10.0. The van der Waals surface area contributed by atoms with Crippen molar-refractivity contribution in [2.24, 2.45) is 0 Å². The number of pyridine rings is 1. The second-order valence-electron chi connectivity index (χ2n) is 1.71. The molecule has 0 aliphatic heterocycles. The van der Waals surface area contributed by atoms with Crippen LogP contribution in [-0.4, -0.2) is 4.98 Å². The summed E-state index contributed by atoms with van der Waals surface area (Å²) in [5.41, 5.74) is 0. The molecule has 0 radical (unpaired) electrons. The molecule has 1 aromatic rings. The second kappa shape index (κ2) is 3.00. The molecular formula is C5H4NO4P-2. The van der Waals surface area contributed by atoms with Gasteiger partial charge >= 0.3 is 0 Å². The zero-order valence-electron chi connectivity index (χ0n) is 5.34. The van der Waals surface area contributed by atoms with Crippen LogP contribution in [0.5, 0.6) is 5.88 Å². The Labute approximate surface area is 62.9 Å². The van der Waals surface area contributed by atoms with Crippen LogP contribution < -0.4 is 14.3 Å². The quantitative estimate of drug-likeness (QED) is 0.551. The fourth-order valence-electron chi connectivity index (χ4n) is 0.516. The van der Waals surface area contributed by atoms with Crippen molar-refractivity contribution < 1.29 is 18.9 Å². The van der Waals surface area contributed by atoms with Gasteiger partial charge in [-0.3, -0.25) is 0 Å². The Morgan fingerprint density at radius 2 is 2.18 bits per heavy atom. The van der Waals surface area contributed by atoms with Crippen molar-refractivity contribution in [1.82, 2.24) is 4.98 Å². The van der Waals surface area contributed by atoms with Gasteiger partial charge in [-0.1, -0.05) is 6.07 Å². The van der Waals surface area contributed by atoms with Crippen molar-refractivity contribution in [1.29, 1.82) is 0 Å². The van der Waals surface area contributed by atoms with E-state index in [9.17, 15) is 14.4 Å². The molecule has 0 spiro atoms. The van der Waals surface area contributed by atoms with E-state index in [0.717, 1.165) is 0 Å². The molecule has 0 unspecified atom stereocenters. The largest absolute Gasteiger partial charge is 0.780 e. The lowest BCUT2D eigenvalue weighted by Crippen LogP contribution is -2.18. The predicted octanol–water partition coefficient (Wildman–Crippen LogP) is -0.711.